The molecule has 0 spiro atoms. The molecule has 1 saturated heterocycles. The number of hydrogen-bond acceptors (Lipinski definition) is 2. The van der Waals surface area contributed by atoms with E-state index < -0.39 is 0 Å². The highest BCUT2D eigenvalue weighted by Crippen LogP contribution is 2.31. The van der Waals surface area contributed by atoms with Gasteiger partial charge >= 0.3 is 6.03 Å². The van der Waals surface area contributed by atoms with Crippen molar-refractivity contribution in [2.24, 2.45) is 5.92 Å². The lowest BCUT2D eigenvalue weighted by Crippen LogP contribution is -2.34. The summed E-state index contributed by atoms with van der Waals surface area (Å²) in [6, 6.07) is 7.86. The number of halogens is 1. The third-order valence-corrected chi connectivity index (χ3v) is 4.25. The number of carbonyl (C=O) groups is 1. The van der Waals surface area contributed by atoms with E-state index in [9.17, 15) is 4.79 Å². The van der Waals surface area contributed by atoms with Crippen LogP contribution in [-0.2, 0) is 0 Å². The second-order valence-corrected chi connectivity index (χ2v) is 6.16. The van der Waals surface area contributed by atoms with Gasteiger partial charge in [0, 0.05) is 29.8 Å². The topological polar surface area (TPSA) is 44.4 Å². The van der Waals surface area contributed by atoms with Crippen LogP contribution >= 0.6 is 11.6 Å². The molecule has 0 radical (unpaired) electrons. The maximum Gasteiger partial charge on any atom is 0.319 e. The highest BCUT2D eigenvalue weighted by molar-refractivity contribution is 6.30. The molecule has 2 N–H and O–H groups in total. The summed E-state index contributed by atoms with van der Waals surface area (Å²) in [4.78, 5) is 14.4. The lowest BCUT2D eigenvalue weighted by molar-refractivity contribution is 0.249. The third-order valence-electron chi connectivity index (χ3n) is 4.01. The van der Waals surface area contributed by atoms with Gasteiger partial charge in [-0.3, -0.25) is 0 Å². The fraction of sp³-hybridized carbons (Fsp3) is 0.533. The summed E-state index contributed by atoms with van der Waals surface area (Å²) in [5.41, 5.74) is 0.723. The first-order valence-corrected chi connectivity index (χ1v) is 7.63. The fourth-order valence-corrected chi connectivity index (χ4v) is 2.97. The minimum Gasteiger partial charge on any atom is -0.338 e. The van der Waals surface area contributed by atoms with Gasteiger partial charge in [0.05, 0.1) is 0 Å². The van der Waals surface area contributed by atoms with Crippen LogP contribution in [0.4, 0.5) is 10.5 Å². The van der Waals surface area contributed by atoms with Gasteiger partial charge in [-0.05, 0) is 49.9 Å². The number of hydrogen-bond donors (Lipinski definition) is 2. The molecular weight excluding hydrogens is 274 g/mol. The van der Waals surface area contributed by atoms with Gasteiger partial charge < -0.3 is 15.5 Å². The van der Waals surface area contributed by atoms with Crippen molar-refractivity contribution in [3.8, 4) is 0 Å². The van der Waals surface area contributed by atoms with Crippen molar-refractivity contribution in [2.45, 2.75) is 25.3 Å². The van der Waals surface area contributed by atoms with E-state index in [1.807, 2.05) is 12.1 Å². The molecule has 3 rings (SSSR count). The minimum absolute atomic E-state index is 0.155. The van der Waals surface area contributed by atoms with E-state index in [-0.39, 0.29) is 6.03 Å². The van der Waals surface area contributed by atoms with E-state index in [1.165, 1.54) is 25.8 Å². The summed E-state index contributed by atoms with van der Waals surface area (Å²) in [6.45, 7) is 3.06. The molecule has 0 aromatic heterocycles. The van der Waals surface area contributed by atoms with Crippen molar-refractivity contribution >= 4 is 23.3 Å². The third kappa shape index (κ3) is 3.64. The van der Waals surface area contributed by atoms with Gasteiger partial charge in [-0.15, -0.1) is 0 Å². The zero-order valence-corrected chi connectivity index (χ0v) is 12.2. The molecule has 2 amide bonds. The molecule has 1 atom stereocenters. The molecule has 2 fully saturated rings. The maximum atomic E-state index is 11.8. The van der Waals surface area contributed by atoms with Crippen molar-refractivity contribution in [1.29, 1.82) is 0 Å². The number of amides is 2. The zero-order valence-electron chi connectivity index (χ0n) is 11.4. The van der Waals surface area contributed by atoms with Gasteiger partial charge in [-0.25, -0.2) is 4.79 Å². The van der Waals surface area contributed by atoms with Crippen molar-refractivity contribution in [3.63, 3.8) is 0 Å². The quantitative estimate of drug-likeness (QED) is 0.896. The van der Waals surface area contributed by atoms with Gasteiger partial charge in [-0.1, -0.05) is 17.7 Å². The average molecular weight is 294 g/mol. The summed E-state index contributed by atoms with van der Waals surface area (Å²) in [5.74, 6) is 0.584. The Morgan fingerprint density at radius 2 is 2.20 bits per heavy atom. The Bertz CT molecular complexity index is 490. The summed E-state index contributed by atoms with van der Waals surface area (Å²) in [7, 11) is 0. The second kappa shape index (κ2) is 6.02. The summed E-state index contributed by atoms with van der Waals surface area (Å²) in [5, 5.41) is 6.38. The molecule has 108 valence electrons. The number of nitrogens with zero attached hydrogens (tertiary/aromatic N) is 1. The summed E-state index contributed by atoms with van der Waals surface area (Å²) < 4.78 is 0. The maximum absolute atomic E-state index is 11.8. The Morgan fingerprint density at radius 3 is 2.95 bits per heavy atom. The fourth-order valence-electron chi connectivity index (χ4n) is 2.78. The van der Waals surface area contributed by atoms with Crippen LogP contribution < -0.4 is 10.6 Å². The van der Waals surface area contributed by atoms with Crippen LogP contribution in [-0.4, -0.2) is 36.6 Å². The number of carbonyl (C=O) groups excluding carboxylic acids is 1. The molecule has 5 heteroatoms. The van der Waals surface area contributed by atoms with Crippen LogP contribution in [0.3, 0.4) is 0 Å². The summed E-state index contributed by atoms with van der Waals surface area (Å²) in [6.07, 6.45) is 3.90. The zero-order chi connectivity index (χ0) is 13.9. The highest BCUT2D eigenvalue weighted by atomic mass is 35.5. The van der Waals surface area contributed by atoms with Gasteiger partial charge in [0.15, 0.2) is 0 Å². The van der Waals surface area contributed by atoms with E-state index in [4.69, 9.17) is 11.6 Å². The van der Waals surface area contributed by atoms with Gasteiger partial charge in [0.1, 0.15) is 0 Å². The van der Waals surface area contributed by atoms with Crippen LogP contribution in [0.25, 0.3) is 0 Å². The molecule has 1 aliphatic heterocycles. The largest absolute Gasteiger partial charge is 0.338 e. The number of nitrogens with one attached hydrogen (secondary N) is 2. The molecule has 1 aromatic carbocycles. The number of benzene rings is 1. The Hall–Kier alpha value is -1.26. The van der Waals surface area contributed by atoms with E-state index >= 15 is 0 Å². The number of anilines is 1. The van der Waals surface area contributed by atoms with Crippen LogP contribution in [0.5, 0.6) is 0 Å². The minimum atomic E-state index is -0.155. The standard InChI is InChI=1S/C15H20ClN3O/c16-12-2-1-3-13(8-12)18-15(20)17-9-11-6-7-19(10-11)14-4-5-14/h1-3,8,11,14H,4-7,9-10H2,(H2,17,18,20). The van der Waals surface area contributed by atoms with Crippen LogP contribution in [0.2, 0.25) is 5.02 Å². The first-order valence-electron chi connectivity index (χ1n) is 7.25. The van der Waals surface area contributed by atoms with Gasteiger partial charge in [-0.2, -0.15) is 0 Å². The van der Waals surface area contributed by atoms with Gasteiger partial charge in [0.25, 0.3) is 0 Å². The molecule has 1 unspecified atom stereocenters. The smallest absolute Gasteiger partial charge is 0.319 e. The van der Waals surface area contributed by atoms with Crippen LogP contribution in [0.15, 0.2) is 24.3 Å². The van der Waals surface area contributed by atoms with Crippen LogP contribution in [0, 0.1) is 5.92 Å². The monoisotopic (exact) mass is 293 g/mol. The molecule has 1 heterocycles. The highest BCUT2D eigenvalue weighted by Gasteiger charge is 2.34. The Morgan fingerprint density at radius 1 is 1.35 bits per heavy atom. The molecule has 20 heavy (non-hydrogen) atoms. The predicted molar refractivity (Wildman–Crippen MR) is 81.2 cm³/mol. The Labute approximate surface area is 124 Å². The molecule has 1 aliphatic carbocycles. The van der Waals surface area contributed by atoms with E-state index in [0.29, 0.717) is 10.9 Å². The SMILES string of the molecule is O=C(NCC1CCN(C2CC2)C1)Nc1cccc(Cl)c1. The summed E-state index contributed by atoms with van der Waals surface area (Å²) >= 11 is 5.88. The van der Waals surface area contributed by atoms with E-state index in [1.54, 1.807) is 12.1 Å². The molecule has 0 bridgehead atoms. The second-order valence-electron chi connectivity index (χ2n) is 5.73. The van der Waals surface area contributed by atoms with E-state index in [0.717, 1.165) is 24.8 Å². The van der Waals surface area contributed by atoms with Gasteiger partial charge in [0.2, 0.25) is 0 Å². The van der Waals surface area contributed by atoms with Crippen molar-refractivity contribution in [3.05, 3.63) is 29.3 Å². The molecule has 1 saturated carbocycles. The van der Waals surface area contributed by atoms with Crippen molar-refractivity contribution in [1.82, 2.24) is 10.2 Å². The first kappa shape index (κ1) is 13.7. The van der Waals surface area contributed by atoms with Crippen molar-refractivity contribution in [2.75, 3.05) is 25.0 Å². The number of rotatable bonds is 4. The lowest BCUT2D eigenvalue weighted by atomic mass is 10.1. The Balaban J connectivity index is 1.41. The molecule has 2 aliphatic rings. The van der Waals surface area contributed by atoms with Crippen molar-refractivity contribution < 1.29 is 4.79 Å². The molecule has 4 nitrogen and oxygen atoms in total. The molecule has 1 aromatic rings. The predicted octanol–water partition coefficient (Wildman–Crippen LogP) is 2.95. The number of urea groups is 1. The Kier molecular flexibility index (Phi) is 4.13. The average Bonchev–Trinajstić information content (AvgIpc) is 3.16. The van der Waals surface area contributed by atoms with Crippen LogP contribution in [0.1, 0.15) is 19.3 Å². The normalized spacial score (nSPS) is 22.8. The number of likely N-dealkylation sites (tertiary alicyclic amines) is 1. The first-order chi connectivity index (χ1) is 9.70. The lowest BCUT2D eigenvalue weighted by Gasteiger charge is -2.15. The van der Waals surface area contributed by atoms with E-state index in [2.05, 4.69) is 15.5 Å². The molecular formula is C15H20ClN3O.